The van der Waals surface area contributed by atoms with Crippen molar-refractivity contribution in [2.75, 3.05) is 19.8 Å². The van der Waals surface area contributed by atoms with E-state index in [1.54, 1.807) is 0 Å². The van der Waals surface area contributed by atoms with Crippen molar-refractivity contribution in [2.24, 2.45) is 17.8 Å². The average Bonchev–Trinajstić information content (AvgIpc) is 2.40. The number of hydrogen-bond donors (Lipinski definition) is 1. The van der Waals surface area contributed by atoms with Gasteiger partial charge in [0.1, 0.15) is 0 Å². The van der Waals surface area contributed by atoms with E-state index in [-0.39, 0.29) is 0 Å². The van der Waals surface area contributed by atoms with E-state index in [1.165, 1.54) is 51.5 Å². The van der Waals surface area contributed by atoms with Crippen molar-refractivity contribution in [3.05, 3.63) is 0 Å². The zero-order chi connectivity index (χ0) is 12.8. The summed E-state index contributed by atoms with van der Waals surface area (Å²) in [5, 5.41) is 3.85. The molecule has 0 amide bonds. The monoisotopic (exact) mass is 253 g/mol. The van der Waals surface area contributed by atoms with Crippen molar-refractivity contribution < 1.29 is 4.74 Å². The molecule has 18 heavy (non-hydrogen) atoms. The molecule has 1 aliphatic carbocycles. The van der Waals surface area contributed by atoms with Crippen molar-refractivity contribution in [3.8, 4) is 0 Å². The number of nitrogens with one attached hydrogen (secondary N) is 1. The van der Waals surface area contributed by atoms with E-state index in [4.69, 9.17) is 4.74 Å². The molecule has 0 bridgehead atoms. The summed E-state index contributed by atoms with van der Waals surface area (Å²) in [4.78, 5) is 0. The SMILES string of the molecule is CCCNC(C1CCCOC1)C1CCCC(C)C1. The van der Waals surface area contributed by atoms with Crippen LogP contribution in [0.1, 0.15) is 58.8 Å². The van der Waals surface area contributed by atoms with Gasteiger partial charge in [-0.25, -0.2) is 0 Å². The first-order valence-electron chi connectivity index (χ1n) is 8.12. The average molecular weight is 253 g/mol. The summed E-state index contributed by atoms with van der Waals surface area (Å²) in [6.45, 7) is 7.85. The first kappa shape index (κ1) is 14.3. The van der Waals surface area contributed by atoms with Crippen molar-refractivity contribution >= 4 is 0 Å². The Bertz CT molecular complexity index is 225. The Morgan fingerprint density at radius 3 is 2.67 bits per heavy atom. The van der Waals surface area contributed by atoms with E-state index >= 15 is 0 Å². The topological polar surface area (TPSA) is 21.3 Å². The normalized spacial score (nSPS) is 35.3. The molecule has 0 radical (unpaired) electrons. The number of ether oxygens (including phenoxy) is 1. The Morgan fingerprint density at radius 1 is 1.17 bits per heavy atom. The summed E-state index contributed by atoms with van der Waals surface area (Å²) in [6.07, 6.45) is 9.61. The molecule has 1 aliphatic heterocycles. The van der Waals surface area contributed by atoms with E-state index in [0.717, 1.165) is 31.0 Å². The molecule has 2 heteroatoms. The standard InChI is InChI=1S/C16H31NO/c1-3-9-17-16(15-8-5-10-18-12-15)14-7-4-6-13(2)11-14/h13-17H,3-12H2,1-2H3. The predicted molar refractivity (Wildman–Crippen MR) is 76.7 cm³/mol. The molecule has 2 nitrogen and oxygen atoms in total. The molecular formula is C16H31NO. The van der Waals surface area contributed by atoms with Crippen molar-refractivity contribution in [3.63, 3.8) is 0 Å². The molecule has 0 aromatic heterocycles. The van der Waals surface area contributed by atoms with Gasteiger partial charge in [0, 0.05) is 12.6 Å². The maximum Gasteiger partial charge on any atom is 0.0509 e. The molecule has 106 valence electrons. The van der Waals surface area contributed by atoms with Gasteiger partial charge in [0.15, 0.2) is 0 Å². The van der Waals surface area contributed by atoms with Gasteiger partial charge in [0.05, 0.1) is 6.61 Å². The molecule has 1 N–H and O–H groups in total. The van der Waals surface area contributed by atoms with E-state index in [0.29, 0.717) is 6.04 Å². The summed E-state index contributed by atoms with van der Waals surface area (Å²) >= 11 is 0. The second-order valence-corrected chi connectivity index (χ2v) is 6.49. The van der Waals surface area contributed by atoms with Gasteiger partial charge >= 0.3 is 0 Å². The highest BCUT2D eigenvalue weighted by molar-refractivity contribution is 4.87. The van der Waals surface area contributed by atoms with Crippen molar-refractivity contribution in [2.45, 2.75) is 64.8 Å². The molecule has 0 aromatic carbocycles. The van der Waals surface area contributed by atoms with E-state index in [2.05, 4.69) is 19.2 Å². The minimum atomic E-state index is 0.716. The van der Waals surface area contributed by atoms with Crippen LogP contribution in [0.5, 0.6) is 0 Å². The highest BCUT2D eigenvalue weighted by Gasteiger charge is 2.32. The minimum absolute atomic E-state index is 0.716. The highest BCUT2D eigenvalue weighted by atomic mass is 16.5. The second kappa shape index (κ2) is 7.49. The van der Waals surface area contributed by atoms with Crippen molar-refractivity contribution in [1.29, 1.82) is 0 Å². The predicted octanol–water partition coefficient (Wildman–Crippen LogP) is 3.61. The molecule has 2 rings (SSSR count). The molecule has 4 atom stereocenters. The third-order valence-corrected chi connectivity index (χ3v) is 4.82. The van der Waals surface area contributed by atoms with Crippen LogP contribution in [0.4, 0.5) is 0 Å². The molecule has 1 heterocycles. The molecule has 2 aliphatic rings. The number of hydrogen-bond acceptors (Lipinski definition) is 2. The zero-order valence-corrected chi connectivity index (χ0v) is 12.3. The van der Waals surface area contributed by atoms with Gasteiger partial charge in [-0.15, -0.1) is 0 Å². The lowest BCUT2D eigenvalue weighted by atomic mass is 9.74. The summed E-state index contributed by atoms with van der Waals surface area (Å²) in [5.74, 6) is 2.59. The van der Waals surface area contributed by atoms with Crippen LogP contribution >= 0.6 is 0 Å². The fourth-order valence-corrected chi connectivity index (χ4v) is 3.89. The second-order valence-electron chi connectivity index (χ2n) is 6.49. The molecule has 2 fully saturated rings. The van der Waals surface area contributed by atoms with Crippen molar-refractivity contribution in [1.82, 2.24) is 5.32 Å². The zero-order valence-electron chi connectivity index (χ0n) is 12.3. The van der Waals surface area contributed by atoms with Crippen LogP contribution in [0.2, 0.25) is 0 Å². The van der Waals surface area contributed by atoms with E-state index in [9.17, 15) is 0 Å². The summed E-state index contributed by atoms with van der Waals surface area (Å²) in [5.41, 5.74) is 0. The van der Waals surface area contributed by atoms with Gasteiger partial charge in [0.25, 0.3) is 0 Å². The van der Waals surface area contributed by atoms with Gasteiger partial charge < -0.3 is 10.1 Å². The first-order chi connectivity index (χ1) is 8.81. The van der Waals surface area contributed by atoms with Crippen LogP contribution in [-0.2, 0) is 4.74 Å². The largest absolute Gasteiger partial charge is 0.381 e. The van der Waals surface area contributed by atoms with Crippen LogP contribution in [0, 0.1) is 17.8 Å². The van der Waals surface area contributed by atoms with E-state index in [1.807, 2.05) is 0 Å². The van der Waals surface area contributed by atoms with Crippen LogP contribution in [0.15, 0.2) is 0 Å². The molecule has 1 saturated carbocycles. The lowest BCUT2D eigenvalue weighted by Gasteiger charge is -2.39. The lowest BCUT2D eigenvalue weighted by Crippen LogP contribution is -2.46. The molecule has 1 saturated heterocycles. The van der Waals surface area contributed by atoms with Gasteiger partial charge in [0.2, 0.25) is 0 Å². The number of rotatable bonds is 5. The van der Waals surface area contributed by atoms with Crippen LogP contribution in [0.3, 0.4) is 0 Å². The fraction of sp³-hybridized carbons (Fsp3) is 1.00. The lowest BCUT2D eigenvalue weighted by molar-refractivity contribution is 0.0219. The van der Waals surface area contributed by atoms with Gasteiger partial charge in [-0.2, -0.15) is 0 Å². The maximum atomic E-state index is 5.72. The summed E-state index contributed by atoms with van der Waals surface area (Å²) in [6, 6.07) is 0.716. The molecule has 0 spiro atoms. The van der Waals surface area contributed by atoms with Gasteiger partial charge in [-0.05, 0) is 56.4 Å². The minimum Gasteiger partial charge on any atom is -0.381 e. The van der Waals surface area contributed by atoms with E-state index < -0.39 is 0 Å². The Kier molecular flexibility index (Phi) is 5.97. The van der Waals surface area contributed by atoms with Crippen LogP contribution in [-0.4, -0.2) is 25.8 Å². The Morgan fingerprint density at radius 2 is 2.00 bits per heavy atom. The fourth-order valence-electron chi connectivity index (χ4n) is 3.89. The third kappa shape index (κ3) is 3.96. The highest BCUT2D eigenvalue weighted by Crippen LogP contribution is 2.35. The maximum absolute atomic E-state index is 5.72. The van der Waals surface area contributed by atoms with Gasteiger partial charge in [-0.1, -0.05) is 26.7 Å². The van der Waals surface area contributed by atoms with Gasteiger partial charge in [-0.3, -0.25) is 0 Å². The molecular weight excluding hydrogens is 222 g/mol. The molecule has 4 unspecified atom stereocenters. The Hall–Kier alpha value is -0.0800. The summed E-state index contributed by atoms with van der Waals surface area (Å²) < 4.78 is 5.72. The Labute approximate surface area is 113 Å². The quantitative estimate of drug-likeness (QED) is 0.808. The third-order valence-electron chi connectivity index (χ3n) is 4.82. The van der Waals surface area contributed by atoms with Crippen LogP contribution in [0.25, 0.3) is 0 Å². The Balaban J connectivity index is 1.93. The van der Waals surface area contributed by atoms with Crippen LogP contribution < -0.4 is 5.32 Å². The first-order valence-corrected chi connectivity index (χ1v) is 8.12. The smallest absolute Gasteiger partial charge is 0.0509 e. The molecule has 0 aromatic rings. The summed E-state index contributed by atoms with van der Waals surface area (Å²) in [7, 11) is 0.